The fraction of sp³-hybridized carbons (Fsp3) is 0.562. The Morgan fingerprint density at radius 2 is 1.96 bits per heavy atom. The zero-order chi connectivity index (χ0) is 16.4. The summed E-state index contributed by atoms with van der Waals surface area (Å²) in [4.78, 5) is 31.8. The van der Waals surface area contributed by atoms with Crippen molar-refractivity contribution in [3.63, 3.8) is 0 Å². The molecule has 2 saturated heterocycles. The van der Waals surface area contributed by atoms with Gasteiger partial charge in [-0.25, -0.2) is 0 Å². The standard InChI is InChI=1S/C16H22N4O3/c17-14(21)12-10-18-6-4-13(12)20-9-3-5-16(23,11-20)15(22)19-7-1-2-8-19/h4,6,10,23H,1-3,5,7-9,11H2,(H2,17,21). The second-order valence-electron chi connectivity index (χ2n) is 6.31. The number of β-amino-alcohol motifs (C(OH)–C–C–N with tert-alkyl or cyclic N) is 1. The van der Waals surface area contributed by atoms with Crippen LogP contribution in [0.25, 0.3) is 0 Å². The van der Waals surface area contributed by atoms with E-state index < -0.39 is 11.5 Å². The minimum atomic E-state index is -1.40. The van der Waals surface area contributed by atoms with Crippen molar-refractivity contribution in [2.75, 3.05) is 31.1 Å². The number of pyridine rings is 1. The molecule has 2 amide bonds. The Kier molecular flexibility index (Phi) is 4.21. The Balaban J connectivity index is 1.83. The highest BCUT2D eigenvalue weighted by molar-refractivity contribution is 5.98. The van der Waals surface area contributed by atoms with Gasteiger partial charge in [0.05, 0.1) is 17.8 Å². The van der Waals surface area contributed by atoms with Gasteiger partial charge in [-0.1, -0.05) is 0 Å². The van der Waals surface area contributed by atoms with Crippen LogP contribution in [0.5, 0.6) is 0 Å². The molecule has 1 unspecified atom stereocenters. The first kappa shape index (κ1) is 15.7. The Morgan fingerprint density at radius 3 is 2.65 bits per heavy atom. The Hall–Kier alpha value is -2.15. The molecule has 0 bridgehead atoms. The van der Waals surface area contributed by atoms with Crippen LogP contribution in [0, 0.1) is 0 Å². The van der Waals surface area contributed by atoms with Crippen LogP contribution in [-0.2, 0) is 4.79 Å². The van der Waals surface area contributed by atoms with Gasteiger partial charge in [0.1, 0.15) is 0 Å². The average Bonchev–Trinajstić information content (AvgIpc) is 3.08. The van der Waals surface area contributed by atoms with E-state index in [-0.39, 0.29) is 12.5 Å². The number of nitrogens with two attached hydrogens (primary N) is 1. The highest BCUT2D eigenvalue weighted by Gasteiger charge is 2.43. The van der Waals surface area contributed by atoms with E-state index in [2.05, 4.69) is 4.98 Å². The summed E-state index contributed by atoms with van der Waals surface area (Å²) in [6.07, 6.45) is 6.10. The van der Waals surface area contributed by atoms with Gasteiger partial charge in [0.15, 0.2) is 5.60 Å². The zero-order valence-corrected chi connectivity index (χ0v) is 13.1. The van der Waals surface area contributed by atoms with Crippen molar-refractivity contribution < 1.29 is 14.7 Å². The van der Waals surface area contributed by atoms with Crippen LogP contribution in [0.2, 0.25) is 0 Å². The van der Waals surface area contributed by atoms with E-state index in [0.29, 0.717) is 43.7 Å². The van der Waals surface area contributed by atoms with E-state index >= 15 is 0 Å². The topological polar surface area (TPSA) is 99.8 Å². The number of piperidine rings is 1. The van der Waals surface area contributed by atoms with Gasteiger partial charge in [-0.2, -0.15) is 0 Å². The largest absolute Gasteiger partial charge is 0.378 e. The maximum Gasteiger partial charge on any atom is 0.256 e. The summed E-state index contributed by atoms with van der Waals surface area (Å²) in [5.74, 6) is -0.762. The third-order valence-electron chi connectivity index (χ3n) is 4.67. The van der Waals surface area contributed by atoms with Crippen LogP contribution < -0.4 is 10.6 Å². The van der Waals surface area contributed by atoms with Gasteiger partial charge in [-0.15, -0.1) is 0 Å². The number of carbonyl (C=O) groups is 2. The number of carbonyl (C=O) groups excluding carboxylic acids is 2. The lowest BCUT2D eigenvalue weighted by Crippen LogP contribution is -2.58. The van der Waals surface area contributed by atoms with Gasteiger partial charge in [0.2, 0.25) is 0 Å². The molecule has 1 atom stereocenters. The lowest BCUT2D eigenvalue weighted by Gasteiger charge is -2.41. The van der Waals surface area contributed by atoms with E-state index in [9.17, 15) is 14.7 Å². The summed E-state index contributed by atoms with van der Waals surface area (Å²) in [5.41, 5.74) is 4.94. The summed E-state index contributed by atoms with van der Waals surface area (Å²) in [5, 5.41) is 10.9. The molecule has 1 aromatic rings. The zero-order valence-electron chi connectivity index (χ0n) is 13.1. The van der Waals surface area contributed by atoms with E-state index in [4.69, 9.17) is 5.73 Å². The number of hydrogen-bond donors (Lipinski definition) is 2. The molecule has 2 fully saturated rings. The summed E-state index contributed by atoms with van der Waals surface area (Å²) in [6, 6.07) is 1.70. The molecule has 7 nitrogen and oxygen atoms in total. The van der Waals surface area contributed by atoms with Gasteiger partial charge in [0, 0.05) is 32.0 Å². The first-order valence-corrected chi connectivity index (χ1v) is 8.02. The van der Waals surface area contributed by atoms with Crippen LogP contribution in [0.1, 0.15) is 36.0 Å². The van der Waals surface area contributed by atoms with Crippen molar-refractivity contribution in [3.8, 4) is 0 Å². The smallest absolute Gasteiger partial charge is 0.256 e. The highest BCUT2D eigenvalue weighted by atomic mass is 16.3. The predicted molar refractivity (Wildman–Crippen MR) is 85.0 cm³/mol. The summed E-state index contributed by atoms with van der Waals surface area (Å²) >= 11 is 0. The number of anilines is 1. The molecular weight excluding hydrogens is 296 g/mol. The van der Waals surface area contributed by atoms with E-state index in [1.54, 1.807) is 17.2 Å². The monoisotopic (exact) mass is 318 g/mol. The summed E-state index contributed by atoms with van der Waals surface area (Å²) in [7, 11) is 0. The normalized spacial score (nSPS) is 24.7. The molecule has 0 aromatic carbocycles. The lowest BCUT2D eigenvalue weighted by atomic mass is 9.90. The van der Waals surface area contributed by atoms with Crippen LogP contribution >= 0.6 is 0 Å². The Morgan fingerprint density at radius 1 is 1.22 bits per heavy atom. The fourth-order valence-electron chi connectivity index (χ4n) is 3.48. The lowest BCUT2D eigenvalue weighted by molar-refractivity contribution is -0.151. The van der Waals surface area contributed by atoms with Crippen LogP contribution in [0.15, 0.2) is 18.5 Å². The molecule has 3 N–H and O–H groups in total. The third-order valence-corrected chi connectivity index (χ3v) is 4.67. The maximum absolute atomic E-state index is 12.7. The second kappa shape index (κ2) is 6.16. The Bertz CT molecular complexity index is 615. The third kappa shape index (κ3) is 3.01. The molecule has 2 aliphatic rings. The molecule has 1 aromatic heterocycles. The van der Waals surface area contributed by atoms with Crippen molar-refractivity contribution in [1.29, 1.82) is 0 Å². The number of hydrogen-bond acceptors (Lipinski definition) is 5. The Labute approximate surface area is 135 Å². The average molecular weight is 318 g/mol. The molecular formula is C16H22N4O3. The molecule has 0 spiro atoms. The second-order valence-corrected chi connectivity index (χ2v) is 6.31. The van der Waals surface area contributed by atoms with Gasteiger partial charge in [0.25, 0.3) is 11.8 Å². The molecule has 0 radical (unpaired) electrons. The molecule has 7 heteroatoms. The van der Waals surface area contributed by atoms with E-state index in [0.717, 1.165) is 12.8 Å². The minimum absolute atomic E-state index is 0.173. The van der Waals surface area contributed by atoms with Crippen molar-refractivity contribution >= 4 is 17.5 Å². The van der Waals surface area contributed by atoms with Gasteiger partial charge in [-0.3, -0.25) is 14.6 Å². The van der Waals surface area contributed by atoms with Gasteiger partial charge >= 0.3 is 0 Å². The molecule has 2 aliphatic heterocycles. The first-order chi connectivity index (χ1) is 11.0. The molecule has 23 heavy (non-hydrogen) atoms. The van der Waals surface area contributed by atoms with Gasteiger partial charge in [-0.05, 0) is 31.7 Å². The van der Waals surface area contributed by atoms with E-state index in [1.165, 1.54) is 6.20 Å². The summed E-state index contributed by atoms with van der Waals surface area (Å²) in [6.45, 7) is 2.26. The number of nitrogens with zero attached hydrogens (tertiary/aromatic N) is 3. The van der Waals surface area contributed by atoms with Gasteiger partial charge < -0.3 is 20.6 Å². The molecule has 3 rings (SSSR count). The van der Waals surface area contributed by atoms with Crippen LogP contribution in [0.4, 0.5) is 5.69 Å². The SMILES string of the molecule is NC(=O)c1cnccc1N1CCCC(O)(C(=O)N2CCCC2)C1. The number of aliphatic hydroxyl groups is 1. The minimum Gasteiger partial charge on any atom is -0.378 e. The van der Waals surface area contributed by atoms with Crippen molar-refractivity contribution in [2.24, 2.45) is 5.73 Å². The quantitative estimate of drug-likeness (QED) is 0.825. The van der Waals surface area contributed by atoms with Crippen molar-refractivity contribution in [3.05, 3.63) is 24.0 Å². The molecule has 124 valence electrons. The first-order valence-electron chi connectivity index (χ1n) is 8.02. The predicted octanol–water partition coefficient (Wildman–Crippen LogP) is 0.134. The number of primary amides is 1. The summed E-state index contributed by atoms with van der Waals surface area (Å²) < 4.78 is 0. The van der Waals surface area contributed by atoms with Crippen molar-refractivity contribution in [1.82, 2.24) is 9.88 Å². The molecule has 3 heterocycles. The number of aromatic nitrogens is 1. The number of likely N-dealkylation sites (tertiary alicyclic amines) is 1. The number of amides is 2. The number of rotatable bonds is 3. The van der Waals surface area contributed by atoms with Crippen molar-refractivity contribution in [2.45, 2.75) is 31.3 Å². The van der Waals surface area contributed by atoms with E-state index in [1.807, 2.05) is 4.90 Å². The maximum atomic E-state index is 12.7. The molecule has 0 saturated carbocycles. The molecule has 0 aliphatic carbocycles. The fourth-order valence-corrected chi connectivity index (χ4v) is 3.48. The van der Waals surface area contributed by atoms with Crippen LogP contribution in [0.3, 0.4) is 0 Å². The highest BCUT2D eigenvalue weighted by Crippen LogP contribution is 2.30. The van der Waals surface area contributed by atoms with Crippen LogP contribution in [-0.4, -0.2) is 58.6 Å².